The lowest BCUT2D eigenvalue weighted by atomic mass is 10.2. The first-order valence-corrected chi connectivity index (χ1v) is 6.24. The van der Waals surface area contributed by atoms with Crippen molar-refractivity contribution >= 4 is 12.4 Å². The predicted molar refractivity (Wildman–Crippen MR) is 67.7 cm³/mol. The van der Waals surface area contributed by atoms with Gasteiger partial charge in [0.15, 0.2) is 11.5 Å². The maximum absolute atomic E-state index is 11.6. The molecule has 1 aliphatic carbocycles. The van der Waals surface area contributed by atoms with Crippen molar-refractivity contribution in [1.29, 1.82) is 0 Å². The number of carbonyl (C=O) groups is 2. The Balaban J connectivity index is 2.01. The summed E-state index contributed by atoms with van der Waals surface area (Å²) < 4.78 is 15.3. The molecule has 5 nitrogen and oxygen atoms in total. The molecule has 0 aromatic heterocycles. The number of aldehydes is 1. The number of benzene rings is 1. The quantitative estimate of drug-likeness (QED) is 0.475. The Bertz CT molecular complexity index is 463. The van der Waals surface area contributed by atoms with Crippen LogP contribution in [-0.4, -0.2) is 25.7 Å². The third kappa shape index (κ3) is 3.47. The Hall–Kier alpha value is -2.04. The summed E-state index contributed by atoms with van der Waals surface area (Å²) in [5, 5.41) is 0. The van der Waals surface area contributed by atoms with E-state index in [1.807, 2.05) is 0 Å². The van der Waals surface area contributed by atoms with Crippen molar-refractivity contribution in [2.75, 3.05) is 7.11 Å². The SMILES string of the molecule is COc1cc(C=O)ccc1OC(=O)OC1CCCC1. The molecule has 2 rings (SSSR count). The van der Waals surface area contributed by atoms with Crippen molar-refractivity contribution in [3.63, 3.8) is 0 Å². The first-order valence-electron chi connectivity index (χ1n) is 6.24. The zero-order chi connectivity index (χ0) is 13.7. The summed E-state index contributed by atoms with van der Waals surface area (Å²) in [6, 6.07) is 4.57. The van der Waals surface area contributed by atoms with E-state index >= 15 is 0 Å². The van der Waals surface area contributed by atoms with Gasteiger partial charge in [0.1, 0.15) is 12.4 Å². The Morgan fingerprint density at radius 1 is 1.26 bits per heavy atom. The lowest BCUT2D eigenvalue weighted by Gasteiger charge is -2.13. The first kappa shape index (κ1) is 13.4. The van der Waals surface area contributed by atoms with E-state index < -0.39 is 6.16 Å². The largest absolute Gasteiger partial charge is 0.514 e. The molecule has 0 bridgehead atoms. The lowest BCUT2D eigenvalue weighted by Crippen LogP contribution is -2.18. The number of ether oxygens (including phenoxy) is 3. The van der Waals surface area contributed by atoms with E-state index in [0.29, 0.717) is 17.6 Å². The molecule has 0 spiro atoms. The molecule has 0 aliphatic heterocycles. The van der Waals surface area contributed by atoms with Crippen LogP contribution in [0.3, 0.4) is 0 Å². The number of hydrogen-bond donors (Lipinski definition) is 0. The summed E-state index contributed by atoms with van der Waals surface area (Å²) in [7, 11) is 1.44. The minimum Gasteiger partial charge on any atom is -0.493 e. The van der Waals surface area contributed by atoms with E-state index in [4.69, 9.17) is 14.2 Å². The summed E-state index contributed by atoms with van der Waals surface area (Å²) in [6.07, 6.45) is 3.84. The highest BCUT2D eigenvalue weighted by Gasteiger charge is 2.21. The molecule has 1 aromatic rings. The molecular weight excluding hydrogens is 248 g/mol. The fourth-order valence-corrected chi connectivity index (χ4v) is 2.10. The van der Waals surface area contributed by atoms with Gasteiger partial charge in [0, 0.05) is 5.56 Å². The van der Waals surface area contributed by atoms with Gasteiger partial charge >= 0.3 is 6.16 Å². The molecule has 1 fully saturated rings. The molecule has 19 heavy (non-hydrogen) atoms. The summed E-state index contributed by atoms with van der Waals surface area (Å²) in [5.74, 6) is 0.573. The van der Waals surface area contributed by atoms with Crippen LogP contribution in [0.15, 0.2) is 18.2 Å². The Morgan fingerprint density at radius 3 is 2.63 bits per heavy atom. The first-order chi connectivity index (χ1) is 9.22. The van der Waals surface area contributed by atoms with Crippen molar-refractivity contribution in [3.8, 4) is 11.5 Å². The maximum atomic E-state index is 11.6. The Morgan fingerprint density at radius 2 is 2.00 bits per heavy atom. The van der Waals surface area contributed by atoms with Gasteiger partial charge in [-0.25, -0.2) is 4.79 Å². The second-order valence-corrected chi connectivity index (χ2v) is 4.40. The standard InChI is InChI=1S/C14H16O5/c1-17-13-8-10(9-15)6-7-12(13)19-14(16)18-11-4-2-3-5-11/h6-9,11H,2-5H2,1H3. The van der Waals surface area contributed by atoms with Crippen LogP contribution in [-0.2, 0) is 4.74 Å². The molecule has 0 amide bonds. The van der Waals surface area contributed by atoms with Crippen LogP contribution in [0.1, 0.15) is 36.0 Å². The molecule has 102 valence electrons. The summed E-state index contributed by atoms with van der Waals surface area (Å²) in [5.41, 5.74) is 0.452. The van der Waals surface area contributed by atoms with E-state index in [2.05, 4.69) is 0 Å². The van der Waals surface area contributed by atoms with E-state index in [0.717, 1.165) is 25.7 Å². The molecule has 0 N–H and O–H groups in total. The van der Waals surface area contributed by atoms with Gasteiger partial charge in [0.05, 0.1) is 7.11 Å². The smallest absolute Gasteiger partial charge is 0.493 e. The minimum absolute atomic E-state index is 0.0484. The van der Waals surface area contributed by atoms with Crippen molar-refractivity contribution in [2.45, 2.75) is 31.8 Å². The molecule has 0 atom stereocenters. The molecule has 1 aliphatic rings. The average Bonchev–Trinajstić information content (AvgIpc) is 2.91. The van der Waals surface area contributed by atoms with Gasteiger partial charge in [-0.05, 0) is 43.9 Å². The predicted octanol–water partition coefficient (Wildman–Crippen LogP) is 2.97. The molecule has 5 heteroatoms. The minimum atomic E-state index is -0.732. The van der Waals surface area contributed by atoms with Gasteiger partial charge in [-0.2, -0.15) is 0 Å². The van der Waals surface area contributed by atoms with Crippen LogP contribution in [0.5, 0.6) is 11.5 Å². The van der Waals surface area contributed by atoms with Gasteiger partial charge in [-0.3, -0.25) is 4.79 Å². The van der Waals surface area contributed by atoms with Gasteiger partial charge in [-0.15, -0.1) is 0 Å². The molecule has 1 saturated carbocycles. The highest BCUT2D eigenvalue weighted by molar-refractivity contribution is 5.77. The molecule has 1 aromatic carbocycles. The highest BCUT2D eigenvalue weighted by Crippen LogP contribution is 2.28. The fraction of sp³-hybridized carbons (Fsp3) is 0.429. The lowest BCUT2D eigenvalue weighted by molar-refractivity contribution is 0.0605. The van der Waals surface area contributed by atoms with Crippen LogP contribution < -0.4 is 9.47 Å². The summed E-state index contributed by atoms with van der Waals surface area (Å²) in [4.78, 5) is 22.3. The topological polar surface area (TPSA) is 61.8 Å². The van der Waals surface area contributed by atoms with Crippen molar-refractivity contribution < 1.29 is 23.8 Å². The second kappa shape index (κ2) is 6.22. The fourth-order valence-electron chi connectivity index (χ4n) is 2.10. The van der Waals surface area contributed by atoms with E-state index in [-0.39, 0.29) is 11.9 Å². The van der Waals surface area contributed by atoms with Crippen molar-refractivity contribution in [1.82, 2.24) is 0 Å². The molecule has 0 radical (unpaired) electrons. The van der Waals surface area contributed by atoms with Crippen LogP contribution in [0.4, 0.5) is 4.79 Å². The number of hydrogen-bond acceptors (Lipinski definition) is 5. The van der Waals surface area contributed by atoms with Crippen molar-refractivity contribution in [2.24, 2.45) is 0 Å². The van der Waals surface area contributed by atoms with Crippen LogP contribution in [0.25, 0.3) is 0 Å². The third-order valence-electron chi connectivity index (χ3n) is 3.08. The van der Waals surface area contributed by atoms with E-state index in [1.54, 1.807) is 6.07 Å². The number of carbonyl (C=O) groups excluding carboxylic acids is 2. The van der Waals surface area contributed by atoms with Crippen LogP contribution in [0, 0.1) is 0 Å². The maximum Gasteiger partial charge on any atom is 0.514 e. The average molecular weight is 264 g/mol. The zero-order valence-corrected chi connectivity index (χ0v) is 10.8. The third-order valence-corrected chi connectivity index (χ3v) is 3.08. The molecule has 0 unspecified atom stereocenters. The van der Waals surface area contributed by atoms with Crippen LogP contribution >= 0.6 is 0 Å². The van der Waals surface area contributed by atoms with E-state index in [1.165, 1.54) is 19.2 Å². The number of methoxy groups -OCH3 is 1. The summed E-state index contributed by atoms with van der Waals surface area (Å²) >= 11 is 0. The van der Waals surface area contributed by atoms with Gasteiger partial charge in [-0.1, -0.05) is 0 Å². The van der Waals surface area contributed by atoms with E-state index in [9.17, 15) is 9.59 Å². The molecule has 0 heterocycles. The molecular formula is C14H16O5. The highest BCUT2D eigenvalue weighted by atomic mass is 16.7. The number of rotatable bonds is 4. The Kier molecular flexibility index (Phi) is 4.39. The zero-order valence-electron chi connectivity index (χ0n) is 10.8. The normalized spacial score (nSPS) is 15.0. The monoisotopic (exact) mass is 264 g/mol. The van der Waals surface area contributed by atoms with Gasteiger partial charge in [0.2, 0.25) is 0 Å². The van der Waals surface area contributed by atoms with Gasteiger partial charge < -0.3 is 14.2 Å². The van der Waals surface area contributed by atoms with Crippen molar-refractivity contribution in [3.05, 3.63) is 23.8 Å². The Labute approximate surface area is 111 Å². The molecule has 0 saturated heterocycles. The summed E-state index contributed by atoms with van der Waals surface area (Å²) in [6.45, 7) is 0. The second-order valence-electron chi connectivity index (χ2n) is 4.40. The van der Waals surface area contributed by atoms with Crippen LogP contribution in [0.2, 0.25) is 0 Å². The van der Waals surface area contributed by atoms with Gasteiger partial charge in [0.25, 0.3) is 0 Å².